The molecule has 5 nitrogen and oxygen atoms in total. The molecule has 0 radical (unpaired) electrons. The van der Waals surface area contributed by atoms with Gasteiger partial charge in [-0.25, -0.2) is 0 Å². The second-order valence-corrected chi connectivity index (χ2v) is 17.2. The highest BCUT2D eigenvalue weighted by Crippen LogP contribution is 2.41. The lowest BCUT2D eigenvalue weighted by Crippen LogP contribution is -2.05. The van der Waals surface area contributed by atoms with Crippen LogP contribution in [0.2, 0.25) is 0 Å². The first-order chi connectivity index (χ1) is 32.8. The first kappa shape index (κ1) is 36.5. The predicted molar refractivity (Wildman–Crippen MR) is 277 cm³/mol. The maximum absolute atomic E-state index is 5.19. The Balaban J connectivity index is 1.09. The molecule has 0 spiro atoms. The highest BCUT2D eigenvalue weighted by atomic mass is 15.1. The molecule has 0 aliphatic rings. The van der Waals surface area contributed by atoms with E-state index in [4.69, 9.17) is 4.98 Å². The van der Waals surface area contributed by atoms with Gasteiger partial charge in [0.05, 0.1) is 38.6 Å². The molecular formula is C61H39N5. The van der Waals surface area contributed by atoms with Gasteiger partial charge < -0.3 is 18.3 Å². The number of rotatable bonds is 4. The second kappa shape index (κ2) is 14.3. The Labute approximate surface area is 379 Å². The first-order valence-corrected chi connectivity index (χ1v) is 22.5. The van der Waals surface area contributed by atoms with Crippen LogP contribution in [0.25, 0.3) is 121 Å². The summed E-state index contributed by atoms with van der Waals surface area (Å²) in [5, 5.41) is 12.9. The molecule has 10 aromatic carbocycles. The standard InChI is InChI=1S/C61H39N5/c1-3-16-40(17-4-1)63-34-35-64(41-18-5-2-6-19-41)60-39-54-52(38-59(60)63)46-31-29-42(36-51(46)45-21-8-7-20-44(45)50-25-15-33-62-61(50)54)66-57-28-14-11-24-49(57)53-37-43(30-32-58(53)66)65-55-26-12-9-22-47(55)48-23-10-13-27-56(48)65/h1-39H. The molecule has 0 aliphatic carbocycles. The number of para-hydroxylation sites is 5. The van der Waals surface area contributed by atoms with Crippen LogP contribution in [0.4, 0.5) is 0 Å². The largest absolute Gasteiger partial charge is 0.314 e. The number of hydrogen-bond donors (Lipinski definition) is 0. The monoisotopic (exact) mass is 841 g/mol. The molecule has 0 amide bonds. The highest BCUT2D eigenvalue weighted by molar-refractivity contribution is 6.26. The van der Waals surface area contributed by atoms with Gasteiger partial charge >= 0.3 is 0 Å². The summed E-state index contributed by atoms with van der Waals surface area (Å²) in [6.45, 7) is 0. The molecule has 0 aliphatic heterocycles. The summed E-state index contributed by atoms with van der Waals surface area (Å²) in [4.78, 5) is 5.19. The van der Waals surface area contributed by atoms with Crippen molar-refractivity contribution in [2.24, 2.45) is 0 Å². The van der Waals surface area contributed by atoms with Gasteiger partial charge in [0.2, 0.25) is 0 Å². The van der Waals surface area contributed by atoms with Crippen LogP contribution in [0, 0.1) is 0 Å². The molecular weight excluding hydrogens is 803 g/mol. The van der Waals surface area contributed by atoms with E-state index in [0.29, 0.717) is 0 Å². The van der Waals surface area contributed by atoms with Crippen LogP contribution < -0.4 is 0 Å². The SMILES string of the molecule is c1ccc(-n2ccn(-c3ccccc3)c3cc4c(cc32)c2ccc(-n3c5ccccc5c5cc(-n6c7ccccc7c7ccccc76)ccc53)cc2c2ccccc2c2cccnc24)cc1. The Kier molecular flexibility index (Phi) is 7.91. The number of hydrogen-bond acceptors (Lipinski definition) is 1. The molecule has 0 bridgehead atoms. The quantitative estimate of drug-likeness (QED) is 0.174. The fourth-order valence-corrected chi connectivity index (χ4v) is 10.8. The van der Waals surface area contributed by atoms with Crippen molar-refractivity contribution in [3.05, 3.63) is 237 Å². The van der Waals surface area contributed by atoms with E-state index in [1.807, 2.05) is 6.20 Å². The molecule has 5 heteroatoms. The number of pyridine rings is 1. The maximum atomic E-state index is 5.19. The molecule has 14 aromatic rings. The van der Waals surface area contributed by atoms with E-state index in [0.717, 1.165) is 71.7 Å². The van der Waals surface area contributed by atoms with E-state index in [9.17, 15) is 0 Å². The van der Waals surface area contributed by atoms with Crippen molar-refractivity contribution in [3.8, 4) is 22.7 Å². The van der Waals surface area contributed by atoms with Crippen molar-refractivity contribution in [2.45, 2.75) is 0 Å². The number of aromatic nitrogens is 5. The topological polar surface area (TPSA) is 32.6 Å². The zero-order chi connectivity index (χ0) is 43.3. The zero-order valence-electron chi connectivity index (χ0n) is 35.8. The number of benzene rings is 9. The lowest BCUT2D eigenvalue weighted by atomic mass is 9.95. The summed E-state index contributed by atoms with van der Waals surface area (Å²) in [5.74, 6) is 0. The lowest BCUT2D eigenvalue weighted by molar-refractivity contribution is 1.01. The van der Waals surface area contributed by atoms with Crippen molar-refractivity contribution in [2.75, 3.05) is 0 Å². The third kappa shape index (κ3) is 5.38. The van der Waals surface area contributed by atoms with Gasteiger partial charge in [-0.15, -0.1) is 0 Å². The van der Waals surface area contributed by atoms with Gasteiger partial charge in [-0.2, -0.15) is 0 Å². The molecule has 0 atom stereocenters. The summed E-state index contributed by atoms with van der Waals surface area (Å²) in [6.07, 6.45) is 6.28. The van der Waals surface area contributed by atoms with Crippen LogP contribution in [-0.2, 0) is 0 Å². The van der Waals surface area contributed by atoms with Crippen LogP contribution >= 0.6 is 0 Å². The van der Waals surface area contributed by atoms with E-state index in [2.05, 4.69) is 249 Å². The fourth-order valence-electron chi connectivity index (χ4n) is 10.8. The molecule has 14 rings (SSSR count). The Morgan fingerprint density at radius 2 is 0.652 bits per heavy atom. The summed E-state index contributed by atoms with van der Waals surface area (Å²) in [7, 11) is 0. The van der Waals surface area contributed by atoms with E-state index in [1.165, 1.54) is 48.9 Å². The second-order valence-electron chi connectivity index (χ2n) is 17.2. The van der Waals surface area contributed by atoms with Gasteiger partial charge in [0.15, 0.2) is 0 Å². The highest BCUT2D eigenvalue weighted by Gasteiger charge is 2.19. The molecule has 0 saturated heterocycles. The molecule has 4 heterocycles. The minimum absolute atomic E-state index is 0.966. The van der Waals surface area contributed by atoms with E-state index < -0.39 is 0 Å². The van der Waals surface area contributed by atoms with Crippen LogP contribution in [0.5, 0.6) is 0 Å². The van der Waals surface area contributed by atoms with Crippen molar-refractivity contribution in [1.82, 2.24) is 23.3 Å². The summed E-state index contributed by atoms with van der Waals surface area (Å²) in [5.41, 5.74) is 12.3. The Morgan fingerprint density at radius 1 is 0.242 bits per heavy atom. The molecule has 66 heavy (non-hydrogen) atoms. The zero-order valence-corrected chi connectivity index (χ0v) is 35.8. The van der Waals surface area contributed by atoms with Crippen molar-refractivity contribution in [3.63, 3.8) is 0 Å². The molecule has 0 unspecified atom stereocenters. The lowest BCUT2D eigenvalue weighted by Gasteiger charge is -2.19. The van der Waals surface area contributed by atoms with Crippen LogP contribution in [0.15, 0.2) is 237 Å². The normalized spacial score (nSPS) is 11.9. The van der Waals surface area contributed by atoms with Gasteiger partial charge in [0, 0.05) is 73.7 Å². The van der Waals surface area contributed by atoms with Gasteiger partial charge in [-0.1, -0.05) is 127 Å². The molecule has 0 N–H and O–H groups in total. The van der Waals surface area contributed by atoms with Gasteiger partial charge in [-0.05, 0) is 118 Å². The number of nitrogens with zero attached hydrogens (tertiary/aromatic N) is 5. The third-order valence-corrected chi connectivity index (χ3v) is 13.7. The Morgan fingerprint density at radius 3 is 1.24 bits per heavy atom. The molecule has 0 fully saturated rings. The van der Waals surface area contributed by atoms with E-state index in [1.54, 1.807) is 0 Å². The van der Waals surface area contributed by atoms with Crippen molar-refractivity contribution < 1.29 is 0 Å². The first-order valence-electron chi connectivity index (χ1n) is 22.5. The predicted octanol–water partition coefficient (Wildman–Crippen LogP) is 15.7. The average Bonchev–Trinajstić information content (AvgIpc) is 3.90. The minimum Gasteiger partial charge on any atom is -0.314 e. The van der Waals surface area contributed by atoms with Crippen LogP contribution in [0.3, 0.4) is 0 Å². The third-order valence-electron chi connectivity index (χ3n) is 13.7. The van der Waals surface area contributed by atoms with Gasteiger partial charge in [-0.3, -0.25) is 4.98 Å². The fraction of sp³-hybridized carbons (Fsp3) is 0. The van der Waals surface area contributed by atoms with Crippen LogP contribution in [-0.4, -0.2) is 23.3 Å². The van der Waals surface area contributed by atoms with Crippen molar-refractivity contribution >= 4 is 97.9 Å². The number of fused-ring (bicyclic) bond motifs is 15. The van der Waals surface area contributed by atoms with Gasteiger partial charge in [0.1, 0.15) is 0 Å². The Bertz CT molecular complexity index is 4280. The molecule has 0 saturated carbocycles. The summed E-state index contributed by atoms with van der Waals surface area (Å²) >= 11 is 0. The van der Waals surface area contributed by atoms with E-state index >= 15 is 0 Å². The summed E-state index contributed by atoms with van der Waals surface area (Å²) in [6, 6.07) is 79.5. The summed E-state index contributed by atoms with van der Waals surface area (Å²) < 4.78 is 9.46. The molecule has 4 aromatic heterocycles. The smallest absolute Gasteiger partial charge is 0.0787 e. The average molecular weight is 842 g/mol. The van der Waals surface area contributed by atoms with Gasteiger partial charge in [0.25, 0.3) is 0 Å². The van der Waals surface area contributed by atoms with Crippen molar-refractivity contribution in [1.29, 1.82) is 0 Å². The Hall–Kier alpha value is -8.93. The molecule has 308 valence electrons. The minimum atomic E-state index is 0.966. The van der Waals surface area contributed by atoms with Crippen LogP contribution in [0.1, 0.15) is 0 Å². The van der Waals surface area contributed by atoms with E-state index in [-0.39, 0.29) is 0 Å². The maximum Gasteiger partial charge on any atom is 0.0787 e.